The van der Waals surface area contributed by atoms with E-state index in [1.54, 1.807) is 0 Å². The summed E-state index contributed by atoms with van der Waals surface area (Å²) in [5, 5.41) is 14.4. The number of hydrogen-bond acceptors (Lipinski definition) is 3. The maximum absolute atomic E-state index is 13.1. The number of Topliss-reactive ketones (excluding diaryl/α,β-unsaturated/α-hetero) is 1. The first-order valence-corrected chi connectivity index (χ1v) is 10.3. The van der Waals surface area contributed by atoms with Crippen molar-refractivity contribution < 1.29 is 14.7 Å². The van der Waals surface area contributed by atoms with Crippen molar-refractivity contribution in [1.82, 2.24) is 5.32 Å². The lowest BCUT2D eigenvalue weighted by Crippen LogP contribution is -2.19. The molecule has 150 valence electrons. The lowest BCUT2D eigenvalue weighted by atomic mass is 9.91. The minimum atomic E-state index is -1.20. The molecule has 0 saturated heterocycles. The SMILES string of the molecule is CCCCCCCCNC=C(C(=O)O)C(=O)c1c(CC)ccc2ccccc12. The normalized spacial score (nSPS) is 11.6. The Hall–Kier alpha value is -2.62. The first kappa shape index (κ1) is 21.7. The number of rotatable bonds is 12. The number of carboxylic acid groups (broad SMARTS) is 1. The molecule has 0 heterocycles. The summed E-state index contributed by atoms with van der Waals surface area (Å²) in [6, 6.07) is 11.5. The van der Waals surface area contributed by atoms with Crippen molar-refractivity contribution in [1.29, 1.82) is 0 Å². The number of unbranched alkanes of at least 4 members (excludes halogenated alkanes) is 5. The van der Waals surface area contributed by atoms with Crippen LogP contribution in [0.3, 0.4) is 0 Å². The largest absolute Gasteiger partial charge is 0.477 e. The van der Waals surface area contributed by atoms with Crippen LogP contribution in [0.5, 0.6) is 0 Å². The van der Waals surface area contributed by atoms with Gasteiger partial charge < -0.3 is 10.4 Å². The zero-order chi connectivity index (χ0) is 20.4. The zero-order valence-corrected chi connectivity index (χ0v) is 17.0. The van der Waals surface area contributed by atoms with Gasteiger partial charge in [0.25, 0.3) is 0 Å². The van der Waals surface area contributed by atoms with Crippen molar-refractivity contribution >= 4 is 22.5 Å². The standard InChI is InChI=1S/C24H31NO3/c1-3-5-6-7-8-11-16-25-17-21(24(27)28)23(26)22-18(4-2)14-15-19-12-9-10-13-20(19)22/h9-10,12-15,17,25H,3-8,11,16H2,1-2H3,(H,27,28). The van der Waals surface area contributed by atoms with Crippen molar-refractivity contribution in [2.75, 3.05) is 6.54 Å². The monoisotopic (exact) mass is 381 g/mol. The molecule has 28 heavy (non-hydrogen) atoms. The summed E-state index contributed by atoms with van der Waals surface area (Å²) < 4.78 is 0. The zero-order valence-electron chi connectivity index (χ0n) is 17.0. The minimum absolute atomic E-state index is 0.211. The number of carbonyl (C=O) groups excluding carboxylic acids is 1. The van der Waals surface area contributed by atoms with Crippen LogP contribution >= 0.6 is 0 Å². The highest BCUT2D eigenvalue weighted by Crippen LogP contribution is 2.25. The molecule has 0 unspecified atom stereocenters. The van der Waals surface area contributed by atoms with Crippen molar-refractivity contribution in [3.05, 3.63) is 59.3 Å². The first-order chi connectivity index (χ1) is 13.6. The molecule has 0 saturated carbocycles. The number of benzene rings is 2. The van der Waals surface area contributed by atoms with Gasteiger partial charge in [-0.05, 0) is 29.2 Å². The Morgan fingerprint density at radius 1 is 0.964 bits per heavy atom. The van der Waals surface area contributed by atoms with Gasteiger partial charge in [0.15, 0.2) is 0 Å². The summed E-state index contributed by atoms with van der Waals surface area (Å²) in [6.07, 6.45) is 9.04. The third-order valence-corrected chi connectivity index (χ3v) is 5.02. The van der Waals surface area contributed by atoms with Gasteiger partial charge in [-0.25, -0.2) is 4.79 Å². The molecule has 2 rings (SSSR count). The first-order valence-electron chi connectivity index (χ1n) is 10.3. The number of carboxylic acids is 1. The summed E-state index contributed by atoms with van der Waals surface area (Å²) in [5.74, 6) is -1.63. The van der Waals surface area contributed by atoms with E-state index in [0.29, 0.717) is 18.5 Å². The van der Waals surface area contributed by atoms with Crippen LogP contribution < -0.4 is 5.32 Å². The lowest BCUT2D eigenvalue weighted by Gasteiger charge is -2.12. The van der Waals surface area contributed by atoms with Gasteiger partial charge in [-0.2, -0.15) is 0 Å². The number of hydrogen-bond donors (Lipinski definition) is 2. The van der Waals surface area contributed by atoms with Crippen molar-refractivity contribution in [2.24, 2.45) is 0 Å². The molecule has 0 aliphatic heterocycles. The average Bonchev–Trinajstić information content (AvgIpc) is 2.71. The van der Waals surface area contributed by atoms with E-state index in [2.05, 4.69) is 12.2 Å². The fourth-order valence-corrected chi connectivity index (χ4v) is 3.42. The molecule has 0 fully saturated rings. The van der Waals surface area contributed by atoms with Gasteiger partial charge in [0, 0.05) is 18.3 Å². The smallest absolute Gasteiger partial charge is 0.341 e. The molecular weight excluding hydrogens is 350 g/mol. The van der Waals surface area contributed by atoms with Crippen LogP contribution in [0, 0.1) is 0 Å². The van der Waals surface area contributed by atoms with Gasteiger partial charge in [-0.1, -0.05) is 82.3 Å². The fraction of sp³-hybridized carbons (Fsp3) is 0.417. The third-order valence-electron chi connectivity index (χ3n) is 5.02. The number of ketones is 1. The highest BCUT2D eigenvalue weighted by Gasteiger charge is 2.23. The Morgan fingerprint density at radius 3 is 2.39 bits per heavy atom. The summed E-state index contributed by atoms with van der Waals surface area (Å²) in [5.41, 5.74) is 1.15. The Morgan fingerprint density at radius 2 is 1.68 bits per heavy atom. The van der Waals surface area contributed by atoms with Crippen LogP contribution in [-0.4, -0.2) is 23.4 Å². The average molecular weight is 382 g/mol. The van der Waals surface area contributed by atoms with Crippen LogP contribution in [0.15, 0.2) is 48.2 Å². The van der Waals surface area contributed by atoms with Crippen LogP contribution in [0.2, 0.25) is 0 Å². The lowest BCUT2D eigenvalue weighted by molar-refractivity contribution is -0.132. The summed E-state index contributed by atoms with van der Waals surface area (Å²) in [6.45, 7) is 4.84. The molecule has 0 amide bonds. The Kier molecular flexibility index (Phi) is 8.73. The Balaban J connectivity index is 2.15. The van der Waals surface area contributed by atoms with Crippen molar-refractivity contribution in [3.8, 4) is 0 Å². The number of fused-ring (bicyclic) bond motifs is 1. The molecule has 0 bridgehead atoms. The predicted octanol–water partition coefficient (Wildman–Crippen LogP) is 5.50. The number of carbonyl (C=O) groups is 2. The maximum atomic E-state index is 13.1. The molecular formula is C24H31NO3. The number of aliphatic carboxylic acids is 1. The molecule has 0 spiro atoms. The highest BCUT2D eigenvalue weighted by molar-refractivity contribution is 6.27. The topological polar surface area (TPSA) is 66.4 Å². The van der Waals surface area contributed by atoms with Gasteiger partial charge >= 0.3 is 5.97 Å². The van der Waals surface area contributed by atoms with E-state index in [4.69, 9.17) is 0 Å². The van der Waals surface area contributed by atoms with Crippen LogP contribution in [0.1, 0.15) is 68.3 Å². The second kappa shape index (κ2) is 11.3. The third kappa shape index (κ3) is 5.69. The molecule has 0 radical (unpaired) electrons. The van der Waals surface area contributed by atoms with Crippen molar-refractivity contribution in [3.63, 3.8) is 0 Å². The summed E-state index contributed by atoms with van der Waals surface area (Å²) >= 11 is 0. The minimum Gasteiger partial charge on any atom is -0.477 e. The molecule has 0 aromatic heterocycles. The summed E-state index contributed by atoms with van der Waals surface area (Å²) in [7, 11) is 0. The van der Waals surface area contributed by atoms with Crippen LogP contribution in [0.25, 0.3) is 10.8 Å². The highest BCUT2D eigenvalue weighted by atomic mass is 16.4. The van der Waals surface area contributed by atoms with Gasteiger partial charge in [-0.15, -0.1) is 0 Å². The fourth-order valence-electron chi connectivity index (χ4n) is 3.42. The predicted molar refractivity (Wildman–Crippen MR) is 115 cm³/mol. The van der Waals surface area contributed by atoms with E-state index in [0.717, 1.165) is 29.2 Å². The van der Waals surface area contributed by atoms with Gasteiger partial charge in [0.2, 0.25) is 5.78 Å². The van der Waals surface area contributed by atoms with E-state index in [1.165, 1.54) is 31.9 Å². The van der Waals surface area contributed by atoms with E-state index in [1.807, 2.05) is 43.3 Å². The van der Waals surface area contributed by atoms with Crippen molar-refractivity contribution in [2.45, 2.75) is 58.8 Å². The molecule has 2 N–H and O–H groups in total. The van der Waals surface area contributed by atoms with Crippen LogP contribution in [-0.2, 0) is 11.2 Å². The van der Waals surface area contributed by atoms with E-state index in [-0.39, 0.29) is 5.57 Å². The maximum Gasteiger partial charge on any atom is 0.341 e. The molecule has 2 aromatic carbocycles. The molecule has 4 nitrogen and oxygen atoms in total. The molecule has 0 aliphatic rings. The second-order valence-electron chi connectivity index (χ2n) is 7.09. The molecule has 2 aromatic rings. The van der Waals surface area contributed by atoms with Crippen LogP contribution in [0.4, 0.5) is 0 Å². The van der Waals surface area contributed by atoms with E-state index in [9.17, 15) is 14.7 Å². The Bertz CT molecular complexity index is 839. The number of nitrogens with one attached hydrogen (secondary N) is 1. The Labute approximate surface area is 167 Å². The second-order valence-corrected chi connectivity index (χ2v) is 7.09. The van der Waals surface area contributed by atoms with Gasteiger partial charge in [-0.3, -0.25) is 4.79 Å². The van der Waals surface area contributed by atoms with E-state index >= 15 is 0 Å². The molecule has 4 heteroatoms. The quantitative estimate of drug-likeness (QED) is 0.167. The van der Waals surface area contributed by atoms with Gasteiger partial charge in [0.1, 0.15) is 5.57 Å². The van der Waals surface area contributed by atoms with E-state index < -0.39 is 11.8 Å². The van der Waals surface area contributed by atoms with Gasteiger partial charge in [0.05, 0.1) is 0 Å². The molecule has 0 aliphatic carbocycles. The molecule has 0 atom stereocenters. The summed E-state index contributed by atoms with van der Waals surface area (Å²) in [4.78, 5) is 24.9. The number of aryl methyl sites for hydroxylation is 1.